The Bertz CT molecular complexity index is 902. The molecule has 0 atom stereocenters. The summed E-state index contributed by atoms with van der Waals surface area (Å²) in [5, 5.41) is 12.2. The maximum Gasteiger partial charge on any atom is 0.262 e. The van der Waals surface area contributed by atoms with Crippen molar-refractivity contribution in [1.29, 1.82) is 0 Å². The number of carbonyl (C=O) groups excluding carboxylic acids is 1. The maximum absolute atomic E-state index is 12.2. The van der Waals surface area contributed by atoms with E-state index in [-0.39, 0.29) is 19.1 Å². The van der Waals surface area contributed by atoms with Crippen LogP contribution in [-0.2, 0) is 11.4 Å². The largest absolute Gasteiger partial charge is 0.484 e. The summed E-state index contributed by atoms with van der Waals surface area (Å²) in [4.78, 5) is 12.2. The summed E-state index contributed by atoms with van der Waals surface area (Å²) in [7, 11) is 0. The van der Waals surface area contributed by atoms with E-state index in [1.165, 1.54) is 0 Å². The second-order valence-electron chi connectivity index (χ2n) is 5.77. The van der Waals surface area contributed by atoms with E-state index < -0.39 is 0 Å². The van der Waals surface area contributed by atoms with E-state index in [1.807, 2.05) is 31.2 Å². The molecule has 0 bridgehead atoms. The number of benzene rings is 2. The Kier molecular flexibility index (Phi) is 5.61. The number of hydrogen-bond acceptors (Lipinski definition) is 4. The lowest BCUT2D eigenvalue weighted by atomic mass is 10.1. The van der Waals surface area contributed by atoms with Crippen LogP contribution >= 0.6 is 11.6 Å². The number of carbonyl (C=O) groups is 1. The molecule has 0 fully saturated rings. The van der Waals surface area contributed by atoms with Gasteiger partial charge < -0.3 is 19.6 Å². The molecular weight excluding hydrogens is 354 g/mol. The molecule has 0 saturated heterocycles. The fourth-order valence-electron chi connectivity index (χ4n) is 2.36. The van der Waals surface area contributed by atoms with Crippen molar-refractivity contribution >= 4 is 23.2 Å². The van der Waals surface area contributed by atoms with Crippen LogP contribution in [0.2, 0.25) is 5.02 Å². The number of halogens is 1. The van der Waals surface area contributed by atoms with Crippen LogP contribution in [0.5, 0.6) is 5.75 Å². The molecule has 0 radical (unpaired) electrons. The van der Waals surface area contributed by atoms with Crippen LogP contribution < -0.4 is 10.1 Å². The maximum atomic E-state index is 12.2. The molecule has 0 saturated carbocycles. The first kappa shape index (κ1) is 18.0. The first-order chi connectivity index (χ1) is 12.5. The summed E-state index contributed by atoms with van der Waals surface area (Å²) in [5.41, 5.74) is 2.32. The molecule has 1 heterocycles. The lowest BCUT2D eigenvalue weighted by Crippen LogP contribution is -2.20. The van der Waals surface area contributed by atoms with Crippen molar-refractivity contribution in [1.82, 2.24) is 0 Å². The highest BCUT2D eigenvalue weighted by Gasteiger charge is 2.11. The van der Waals surface area contributed by atoms with Gasteiger partial charge in [0.25, 0.3) is 5.91 Å². The predicted molar refractivity (Wildman–Crippen MR) is 100 cm³/mol. The van der Waals surface area contributed by atoms with Crippen LogP contribution in [0, 0.1) is 6.92 Å². The van der Waals surface area contributed by atoms with E-state index in [2.05, 4.69) is 5.32 Å². The molecule has 0 aliphatic heterocycles. The molecule has 2 aromatic carbocycles. The van der Waals surface area contributed by atoms with E-state index in [9.17, 15) is 4.79 Å². The zero-order chi connectivity index (χ0) is 18.5. The van der Waals surface area contributed by atoms with Crippen molar-refractivity contribution < 1.29 is 19.1 Å². The van der Waals surface area contributed by atoms with Crippen molar-refractivity contribution in [3.8, 4) is 17.1 Å². The highest BCUT2D eigenvalue weighted by atomic mass is 35.5. The molecule has 1 amide bonds. The Balaban J connectivity index is 1.67. The molecule has 1 aromatic heterocycles. The van der Waals surface area contributed by atoms with Gasteiger partial charge in [-0.05, 0) is 49.4 Å². The Morgan fingerprint density at radius 3 is 2.62 bits per heavy atom. The first-order valence-corrected chi connectivity index (χ1v) is 8.42. The molecule has 3 rings (SSSR count). The molecule has 26 heavy (non-hydrogen) atoms. The average molecular weight is 372 g/mol. The predicted octanol–water partition coefficient (Wildman–Crippen LogP) is 4.42. The molecule has 0 aliphatic rings. The average Bonchev–Trinajstić information content (AvgIpc) is 3.12. The standard InChI is InChI=1S/C20H18ClNO4/c1-13-2-5-15(6-3-13)25-12-20(24)22-18-10-14(4-8-17(18)21)19-9-7-16(11-23)26-19/h2-10,23H,11-12H2,1H3,(H,22,24). The van der Waals surface area contributed by atoms with Crippen LogP contribution in [0.4, 0.5) is 5.69 Å². The fraction of sp³-hybridized carbons (Fsp3) is 0.150. The molecule has 2 N–H and O–H groups in total. The Morgan fingerprint density at radius 1 is 1.15 bits per heavy atom. The van der Waals surface area contributed by atoms with E-state index in [4.69, 9.17) is 25.9 Å². The van der Waals surface area contributed by atoms with Gasteiger partial charge in [-0.15, -0.1) is 0 Å². The van der Waals surface area contributed by atoms with Crippen molar-refractivity contribution in [2.75, 3.05) is 11.9 Å². The number of nitrogens with one attached hydrogen (secondary N) is 1. The van der Waals surface area contributed by atoms with Crippen molar-refractivity contribution in [3.05, 3.63) is 70.9 Å². The minimum atomic E-state index is -0.319. The van der Waals surface area contributed by atoms with Crippen LogP contribution in [-0.4, -0.2) is 17.6 Å². The van der Waals surface area contributed by atoms with Crippen molar-refractivity contribution in [2.45, 2.75) is 13.5 Å². The molecule has 0 aliphatic carbocycles. The Labute approximate surface area is 156 Å². The zero-order valence-electron chi connectivity index (χ0n) is 14.2. The zero-order valence-corrected chi connectivity index (χ0v) is 14.9. The van der Waals surface area contributed by atoms with Gasteiger partial charge in [-0.1, -0.05) is 29.3 Å². The first-order valence-electron chi connectivity index (χ1n) is 8.04. The quantitative estimate of drug-likeness (QED) is 0.672. The summed E-state index contributed by atoms with van der Waals surface area (Å²) >= 11 is 6.17. The van der Waals surface area contributed by atoms with Gasteiger partial charge in [-0.25, -0.2) is 0 Å². The number of amides is 1. The topological polar surface area (TPSA) is 71.7 Å². The number of aliphatic hydroxyl groups is 1. The van der Waals surface area contributed by atoms with Gasteiger partial charge in [0.15, 0.2) is 6.61 Å². The van der Waals surface area contributed by atoms with Crippen LogP contribution in [0.3, 0.4) is 0 Å². The summed E-state index contributed by atoms with van der Waals surface area (Å²) in [6.07, 6.45) is 0. The summed E-state index contributed by atoms with van der Waals surface area (Å²) < 4.78 is 11.0. The monoisotopic (exact) mass is 371 g/mol. The van der Waals surface area contributed by atoms with Crippen molar-refractivity contribution in [2.24, 2.45) is 0 Å². The van der Waals surface area contributed by atoms with Crippen LogP contribution in [0.1, 0.15) is 11.3 Å². The van der Waals surface area contributed by atoms with E-state index in [0.717, 1.165) is 11.1 Å². The van der Waals surface area contributed by atoms with E-state index >= 15 is 0 Å². The number of ether oxygens (including phenoxy) is 1. The third-order valence-electron chi connectivity index (χ3n) is 3.73. The normalized spacial score (nSPS) is 10.6. The molecule has 0 spiro atoms. The Hall–Kier alpha value is -2.76. The minimum Gasteiger partial charge on any atom is -0.484 e. The molecule has 6 heteroatoms. The number of furan rings is 1. The van der Waals surface area contributed by atoms with Gasteiger partial charge in [0.05, 0.1) is 10.7 Å². The van der Waals surface area contributed by atoms with Gasteiger partial charge in [0.1, 0.15) is 23.9 Å². The number of aliphatic hydroxyl groups excluding tert-OH is 1. The number of rotatable bonds is 6. The molecule has 3 aromatic rings. The molecule has 0 unspecified atom stereocenters. The van der Waals surface area contributed by atoms with Crippen molar-refractivity contribution in [3.63, 3.8) is 0 Å². The molecule has 5 nitrogen and oxygen atoms in total. The second-order valence-corrected chi connectivity index (χ2v) is 6.18. The molecule has 134 valence electrons. The Morgan fingerprint density at radius 2 is 1.92 bits per heavy atom. The second kappa shape index (κ2) is 8.08. The van der Waals surface area contributed by atoms with Crippen LogP contribution in [0.15, 0.2) is 59.0 Å². The highest BCUT2D eigenvalue weighted by Crippen LogP contribution is 2.30. The summed E-state index contributed by atoms with van der Waals surface area (Å²) in [6.45, 7) is 1.68. The summed E-state index contributed by atoms with van der Waals surface area (Å²) in [5.74, 6) is 1.35. The third-order valence-corrected chi connectivity index (χ3v) is 4.06. The van der Waals surface area contributed by atoms with Gasteiger partial charge in [-0.2, -0.15) is 0 Å². The molecular formula is C20H18ClNO4. The lowest BCUT2D eigenvalue weighted by molar-refractivity contribution is -0.118. The van der Waals surface area contributed by atoms with Crippen LogP contribution in [0.25, 0.3) is 11.3 Å². The smallest absolute Gasteiger partial charge is 0.262 e. The lowest BCUT2D eigenvalue weighted by Gasteiger charge is -2.10. The number of hydrogen-bond donors (Lipinski definition) is 2. The van der Waals surface area contributed by atoms with Gasteiger partial charge in [0, 0.05) is 5.56 Å². The number of anilines is 1. The van der Waals surface area contributed by atoms with Gasteiger partial charge in [0.2, 0.25) is 0 Å². The third kappa shape index (κ3) is 4.45. The van der Waals surface area contributed by atoms with Gasteiger partial charge >= 0.3 is 0 Å². The summed E-state index contributed by atoms with van der Waals surface area (Å²) in [6, 6.07) is 16.1. The minimum absolute atomic E-state index is 0.126. The SMILES string of the molecule is Cc1ccc(OCC(=O)Nc2cc(-c3ccc(CO)o3)ccc2Cl)cc1. The van der Waals surface area contributed by atoms with E-state index in [1.54, 1.807) is 30.3 Å². The van der Waals surface area contributed by atoms with E-state index in [0.29, 0.717) is 28.0 Å². The highest BCUT2D eigenvalue weighted by molar-refractivity contribution is 6.33. The fourth-order valence-corrected chi connectivity index (χ4v) is 2.53. The van der Waals surface area contributed by atoms with Gasteiger partial charge in [-0.3, -0.25) is 4.79 Å². The number of aryl methyl sites for hydroxylation is 1.